The number of nitrogens with one attached hydrogen (secondary N) is 1. The monoisotopic (exact) mass is 404 g/mol. The van der Waals surface area contributed by atoms with Gasteiger partial charge in [-0.2, -0.15) is 0 Å². The molecule has 2 N–H and O–H groups in total. The molecule has 0 aliphatic carbocycles. The molecule has 28 heavy (non-hydrogen) atoms. The van der Waals surface area contributed by atoms with Crippen molar-refractivity contribution in [2.24, 2.45) is 0 Å². The Hall–Kier alpha value is -2.60. The van der Waals surface area contributed by atoms with Gasteiger partial charge in [0.25, 0.3) is 0 Å². The van der Waals surface area contributed by atoms with Crippen LogP contribution in [-0.2, 0) is 9.59 Å². The largest absolute Gasteiger partial charge is 0.481 e. The number of hydrogen-bond acceptors (Lipinski definition) is 3. The molecule has 5 nitrogen and oxygen atoms in total. The summed E-state index contributed by atoms with van der Waals surface area (Å²) in [4.78, 5) is 25.9. The van der Waals surface area contributed by atoms with E-state index >= 15 is 0 Å². The maximum absolute atomic E-state index is 14.1. The van der Waals surface area contributed by atoms with Gasteiger partial charge in [-0.05, 0) is 37.1 Å². The second-order valence-electron chi connectivity index (χ2n) is 7.10. The van der Waals surface area contributed by atoms with Crippen LogP contribution in [0, 0.1) is 12.7 Å². The van der Waals surface area contributed by atoms with E-state index < -0.39 is 17.7 Å². The highest BCUT2D eigenvalue weighted by molar-refractivity contribution is 6.30. The Morgan fingerprint density at radius 3 is 2.64 bits per heavy atom. The summed E-state index contributed by atoms with van der Waals surface area (Å²) in [5, 5.41) is 12.7. The van der Waals surface area contributed by atoms with Crippen molar-refractivity contribution in [3.63, 3.8) is 0 Å². The van der Waals surface area contributed by atoms with Crippen molar-refractivity contribution >= 4 is 29.2 Å². The lowest BCUT2D eigenvalue weighted by Crippen LogP contribution is -2.38. The van der Waals surface area contributed by atoms with E-state index in [2.05, 4.69) is 5.32 Å². The summed E-state index contributed by atoms with van der Waals surface area (Å²) in [6.07, 6.45) is 0.528. The SMILES string of the molecule is Cc1ccc(C(CC(=O)NC2CCN(c3ccc(Cl)cc3F)C2)C(=O)O)cc1. The van der Waals surface area contributed by atoms with Crippen LogP contribution in [0.1, 0.15) is 29.9 Å². The number of carboxylic acid groups (broad SMARTS) is 1. The van der Waals surface area contributed by atoms with Crippen LogP contribution in [0.15, 0.2) is 42.5 Å². The summed E-state index contributed by atoms with van der Waals surface area (Å²) in [5.41, 5.74) is 2.08. The molecule has 0 bridgehead atoms. The summed E-state index contributed by atoms with van der Waals surface area (Å²) in [5.74, 6) is -2.65. The van der Waals surface area contributed by atoms with Gasteiger partial charge in [-0.15, -0.1) is 0 Å². The van der Waals surface area contributed by atoms with E-state index in [0.29, 0.717) is 35.8 Å². The second-order valence-corrected chi connectivity index (χ2v) is 7.54. The molecule has 1 saturated heterocycles. The van der Waals surface area contributed by atoms with Crippen LogP contribution in [0.2, 0.25) is 5.02 Å². The lowest BCUT2D eigenvalue weighted by molar-refractivity contribution is -0.140. The van der Waals surface area contributed by atoms with E-state index in [1.165, 1.54) is 6.07 Å². The molecular formula is C21H22ClFN2O3. The molecule has 148 valence electrons. The minimum absolute atomic E-state index is 0.135. The summed E-state index contributed by atoms with van der Waals surface area (Å²) >= 11 is 5.79. The minimum atomic E-state index is -1.03. The average Bonchev–Trinajstić information content (AvgIpc) is 3.08. The molecule has 1 fully saturated rings. The zero-order chi connectivity index (χ0) is 20.3. The van der Waals surface area contributed by atoms with Crippen LogP contribution in [-0.4, -0.2) is 36.1 Å². The Bertz CT molecular complexity index is 872. The van der Waals surface area contributed by atoms with E-state index in [4.69, 9.17) is 11.6 Å². The Labute approximate surface area is 168 Å². The predicted octanol–water partition coefficient (Wildman–Crippen LogP) is 3.74. The normalized spacial score (nSPS) is 17.4. The van der Waals surface area contributed by atoms with Gasteiger partial charge in [0, 0.05) is 30.6 Å². The Morgan fingerprint density at radius 2 is 2.00 bits per heavy atom. The molecule has 0 radical (unpaired) electrons. The molecule has 1 aliphatic heterocycles. The van der Waals surface area contributed by atoms with E-state index in [1.54, 1.807) is 24.3 Å². The smallest absolute Gasteiger partial charge is 0.311 e. The van der Waals surface area contributed by atoms with Crippen molar-refractivity contribution in [2.45, 2.75) is 31.7 Å². The molecule has 2 aromatic carbocycles. The van der Waals surface area contributed by atoms with Crippen molar-refractivity contribution in [1.29, 1.82) is 0 Å². The number of carboxylic acids is 1. The molecule has 2 atom stereocenters. The first kappa shape index (κ1) is 20.1. The van der Waals surface area contributed by atoms with E-state index in [-0.39, 0.29) is 18.4 Å². The van der Waals surface area contributed by atoms with Crippen molar-refractivity contribution in [2.75, 3.05) is 18.0 Å². The number of halogens is 2. The van der Waals surface area contributed by atoms with Gasteiger partial charge in [0.15, 0.2) is 0 Å². The third-order valence-electron chi connectivity index (χ3n) is 4.97. The van der Waals surface area contributed by atoms with Gasteiger partial charge in [-0.25, -0.2) is 4.39 Å². The fourth-order valence-corrected chi connectivity index (χ4v) is 3.61. The molecule has 1 amide bonds. The number of benzene rings is 2. The molecule has 0 spiro atoms. The fraction of sp³-hybridized carbons (Fsp3) is 0.333. The molecular weight excluding hydrogens is 383 g/mol. The first-order valence-corrected chi connectivity index (χ1v) is 9.50. The van der Waals surface area contributed by atoms with Crippen LogP contribution in [0.3, 0.4) is 0 Å². The van der Waals surface area contributed by atoms with Crippen LogP contribution < -0.4 is 10.2 Å². The zero-order valence-electron chi connectivity index (χ0n) is 15.5. The van der Waals surface area contributed by atoms with E-state index in [9.17, 15) is 19.1 Å². The number of aliphatic carboxylic acids is 1. The third-order valence-corrected chi connectivity index (χ3v) is 5.21. The van der Waals surface area contributed by atoms with Gasteiger partial charge in [0.05, 0.1) is 11.6 Å². The van der Waals surface area contributed by atoms with Gasteiger partial charge >= 0.3 is 5.97 Å². The number of nitrogens with zero attached hydrogens (tertiary/aromatic N) is 1. The third kappa shape index (κ3) is 4.81. The van der Waals surface area contributed by atoms with Gasteiger partial charge in [-0.3, -0.25) is 9.59 Å². The molecule has 3 rings (SSSR count). The van der Waals surface area contributed by atoms with Crippen molar-refractivity contribution < 1.29 is 19.1 Å². The lowest BCUT2D eigenvalue weighted by atomic mass is 9.94. The molecule has 1 aliphatic rings. The highest BCUT2D eigenvalue weighted by Crippen LogP contribution is 2.26. The van der Waals surface area contributed by atoms with Crippen LogP contribution in [0.4, 0.5) is 10.1 Å². The Balaban J connectivity index is 1.60. The molecule has 7 heteroatoms. The molecule has 2 unspecified atom stereocenters. The Morgan fingerprint density at radius 1 is 1.29 bits per heavy atom. The highest BCUT2D eigenvalue weighted by atomic mass is 35.5. The van der Waals surface area contributed by atoms with Crippen LogP contribution >= 0.6 is 11.6 Å². The lowest BCUT2D eigenvalue weighted by Gasteiger charge is -2.20. The number of hydrogen-bond donors (Lipinski definition) is 2. The van der Waals surface area contributed by atoms with Gasteiger partial charge in [0.2, 0.25) is 5.91 Å². The van der Waals surface area contributed by atoms with Crippen molar-refractivity contribution in [1.82, 2.24) is 5.32 Å². The molecule has 0 aromatic heterocycles. The number of aryl methyl sites for hydroxylation is 1. The average molecular weight is 405 g/mol. The quantitative estimate of drug-likeness (QED) is 0.769. The van der Waals surface area contributed by atoms with Crippen LogP contribution in [0.5, 0.6) is 0 Å². The summed E-state index contributed by atoms with van der Waals surface area (Å²) in [7, 11) is 0. The zero-order valence-corrected chi connectivity index (χ0v) is 16.2. The molecule has 2 aromatic rings. The highest BCUT2D eigenvalue weighted by Gasteiger charge is 2.28. The van der Waals surface area contributed by atoms with Gasteiger partial charge < -0.3 is 15.3 Å². The summed E-state index contributed by atoms with van der Waals surface area (Å²) in [6, 6.07) is 11.5. The second kappa shape index (κ2) is 8.61. The predicted molar refractivity (Wildman–Crippen MR) is 106 cm³/mol. The fourth-order valence-electron chi connectivity index (χ4n) is 3.45. The number of rotatable bonds is 6. The number of amides is 1. The first-order valence-electron chi connectivity index (χ1n) is 9.12. The van der Waals surface area contributed by atoms with Gasteiger partial charge in [0.1, 0.15) is 5.82 Å². The Kier molecular flexibility index (Phi) is 6.19. The van der Waals surface area contributed by atoms with E-state index in [0.717, 1.165) is 5.56 Å². The van der Waals surface area contributed by atoms with E-state index in [1.807, 2.05) is 24.0 Å². The minimum Gasteiger partial charge on any atom is -0.481 e. The summed E-state index contributed by atoms with van der Waals surface area (Å²) < 4.78 is 14.1. The summed E-state index contributed by atoms with van der Waals surface area (Å²) in [6.45, 7) is 2.98. The topological polar surface area (TPSA) is 69.6 Å². The maximum atomic E-state index is 14.1. The number of carbonyl (C=O) groups is 2. The number of anilines is 1. The standard InChI is InChI=1S/C21H22ClFN2O3/c1-13-2-4-14(5-3-13)17(21(27)28)11-20(26)24-16-8-9-25(12-16)19-7-6-15(22)10-18(19)23/h2-7,10,16-17H,8-9,11-12H2,1H3,(H,24,26)(H,27,28). The molecule has 1 heterocycles. The number of carbonyl (C=O) groups excluding carboxylic acids is 1. The maximum Gasteiger partial charge on any atom is 0.311 e. The van der Waals surface area contributed by atoms with Crippen molar-refractivity contribution in [3.8, 4) is 0 Å². The first-order chi connectivity index (χ1) is 13.3. The van der Waals surface area contributed by atoms with Crippen LogP contribution in [0.25, 0.3) is 0 Å². The van der Waals surface area contributed by atoms with Crippen molar-refractivity contribution in [3.05, 3.63) is 64.4 Å². The molecule has 0 saturated carbocycles. The van der Waals surface area contributed by atoms with Gasteiger partial charge in [-0.1, -0.05) is 41.4 Å².